The first-order valence-corrected chi connectivity index (χ1v) is 22.9. The van der Waals surface area contributed by atoms with Crippen molar-refractivity contribution in [3.8, 4) is 22.6 Å². The van der Waals surface area contributed by atoms with Gasteiger partial charge in [-0.15, -0.1) is 0 Å². The van der Waals surface area contributed by atoms with Gasteiger partial charge in [-0.25, -0.2) is 4.79 Å². The fourth-order valence-corrected chi connectivity index (χ4v) is 13.6. The molecular formula is C37H54O5Si2. The summed E-state index contributed by atoms with van der Waals surface area (Å²) in [6.07, 6.45) is 11.7. The first kappa shape index (κ1) is 35.6. The highest BCUT2D eigenvalue weighted by Gasteiger charge is 2.28. The Morgan fingerprint density at radius 1 is 0.614 bits per heavy atom. The number of carbonyl (C=O) groups is 1. The zero-order valence-electron chi connectivity index (χ0n) is 28.0. The Kier molecular flexibility index (Phi) is 14.7. The standard InChI is InChI=1S/C37H54O5Si2/c1-39-35-24-16-31(17-25-35)30-41-37(38)34-20-18-32(19-21-34)33-22-26-36(27-23-33)40-28-14-12-10-8-7-9-11-13-15-29-44(5,6)42-43(2,3)4/h16-27H,7-15,28-30H2,1-6H3. The van der Waals surface area contributed by atoms with Gasteiger partial charge in [0.2, 0.25) is 0 Å². The van der Waals surface area contributed by atoms with Crippen LogP contribution in [0.4, 0.5) is 0 Å². The largest absolute Gasteiger partial charge is 0.497 e. The van der Waals surface area contributed by atoms with E-state index in [9.17, 15) is 4.79 Å². The van der Waals surface area contributed by atoms with Crippen LogP contribution in [0.2, 0.25) is 38.8 Å². The molecule has 0 heterocycles. The number of hydrogen-bond acceptors (Lipinski definition) is 5. The molecule has 0 aliphatic carbocycles. The third-order valence-electron chi connectivity index (χ3n) is 7.61. The second kappa shape index (κ2) is 18.2. The third kappa shape index (κ3) is 13.8. The lowest BCUT2D eigenvalue weighted by atomic mass is 10.0. The molecule has 0 saturated heterocycles. The fraction of sp³-hybridized carbons (Fsp3) is 0.486. The van der Waals surface area contributed by atoms with E-state index in [1.807, 2.05) is 60.7 Å². The second-order valence-electron chi connectivity index (χ2n) is 13.3. The van der Waals surface area contributed by atoms with Crippen molar-refractivity contribution in [2.45, 2.75) is 103 Å². The van der Waals surface area contributed by atoms with Gasteiger partial charge in [-0.05, 0) is 98.3 Å². The summed E-state index contributed by atoms with van der Waals surface area (Å²) in [5.74, 6) is 1.34. The molecule has 3 aromatic rings. The molecule has 0 amide bonds. The topological polar surface area (TPSA) is 54.0 Å². The predicted molar refractivity (Wildman–Crippen MR) is 188 cm³/mol. The number of esters is 1. The van der Waals surface area contributed by atoms with Gasteiger partial charge in [0.25, 0.3) is 0 Å². The number of rotatable bonds is 20. The average molecular weight is 635 g/mol. The van der Waals surface area contributed by atoms with Crippen molar-refractivity contribution in [1.29, 1.82) is 0 Å². The van der Waals surface area contributed by atoms with E-state index >= 15 is 0 Å². The van der Waals surface area contributed by atoms with E-state index in [4.69, 9.17) is 18.3 Å². The van der Waals surface area contributed by atoms with Gasteiger partial charge in [0.15, 0.2) is 16.6 Å². The van der Waals surface area contributed by atoms with E-state index in [1.54, 1.807) is 7.11 Å². The van der Waals surface area contributed by atoms with Gasteiger partial charge in [-0.1, -0.05) is 87.8 Å². The van der Waals surface area contributed by atoms with E-state index < -0.39 is 16.6 Å². The van der Waals surface area contributed by atoms with Crippen molar-refractivity contribution < 1.29 is 23.1 Å². The van der Waals surface area contributed by atoms with Crippen LogP contribution in [0.25, 0.3) is 11.1 Å². The molecule has 0 N–H and O–H groups in total. The van der Waals surface area contributed by atoms with Gasteiger partial charge in [0.1, 0.15) is 18.1 Å². The molecule has 0 aliphatic heterocycles. The van der Waals surface area contributed by atoms with Crippen LogP contribution >= 0.6 is 0 Å². The molecule has 0 atom stereocenters. The molecule has 0 aliphatic rings. The molecule has 3 rings (SSSR count). The first-order valence-electron chi connectivity index (χ1n) is 16.4. The first-order chi connectivity index (χ1) is 21.0. The number of benzene rings is 3. The number of hydrogen-bond donors (Lipinski definition) is 0. The molecule has 0 bridgehead atoms. The minimum atomic E-state index is -1.46. The van der Waals surface area contributed by atoms with Crippen molar-refractivity contribution in [2.24, 2.45) is 0 Å². The van der Waals surface area contributed by atoms with Gasteiger partial charge >= 0.3 is 5.97 Å². The molecule has 5 nitrogen and oxygen atoms in total. The summed E-state index contributed by atoms with van der Waals surface area (Å²) < 4.78 is 23.1. The highest BCUT2D eigenvalue weighted by Crippen LogP contribution is 2.24. The summed E-state index contributed by atoms with van der Waals surface area (Å²) in [6.45, 7) is 12.7. The average Bonchev–Trinajstić information content (AvgIpc) is 3.00. The van der Waals surface area contributed by atoms with Crippen LogP contribution in [0.1, 0.15) is 73.7 Å². The van der Waals surface area contributed by atoms with Crippen LogP contribution in [0.15, 0.2) is 72.8 Å². The third-order valence-corrected chi connectivity index (χ3v) is 13.8. The number of carbonyl (C=O) groups excluding carboxylic acids is 1. The smallest absolute Gasteiger partial charge is 0.338 e. The minimum absolute atomic E-state index is 0.224. The van der Waals surface area contributed by atoms with Gasteiger partial charge in [-0.3, -0.25) is 0 Å². The predicted octanol–water partition coefficient (Wildman–Crippen LogP) is 10.7. The summed E-state index contributed by atoms with van der Waals surface area (Å²) >= 11 is 0. The Bertz CT molecular complexity index is 1230. The lowest BCUT2D eigenvalue weighted by molar-refractivity contribution is 0.0472. The zero-order valence-corrected chi connectivity index (χ0v) is 30.0. The van der Waals surface area contributed by atoms with Gasteiger partial charge in [0.05, 0.1) is 19.3 Å². The van der Waals surface area contributed by atoms with Crippen LogP contribution < -0.4 is 9.47 Å². The highest BCUT2D eigenvalue weighted by molar-refractivity contribution is 6.84. The van der Waals surface area contributed by atoms with Crippen molar-refractivity contribution in [1.82, 2.24) is 0 Å². The van der Waals surface area contributed by atoms with Gasteiger partial charge in [0, 0.05) is 0 Å². The van der Waals surface area contributed by atoms with Gasteiger partial charge < -0.3 is 18.3 Å². The molecule has 44 heavy (non-hydrogen) atoms. The maximum atomic E-state index is 12.5. The monoisotopic (exact) mass is 634 g/mol. The Morgan fingerprint density at radius 3 is 1.66 bits per heavy atom. The quantitative estimate of drug-likeness (QED) is 0.0703. The Balaban J connectivity index is 1.24. The van der Waals surface area contributed by atoms with Crippen LogP contribution in [0.3, 0.4) is 0 Å². The summed E-state index contributed by atoms with van der Waals surface area (Å²) in [7, 11) is -1.24. The zero-order chi connectivity index (χ0) is 31.8. The minimum Gasteiger partial charge on any atom is -0.497 e. The lowest BCUT2D eigenvalue weighted by Crippen LogP contribution is -2.42. The molecule has 0 spiro atoms. The molecule has 240 valence electrons. The van der Waals surface area contributed by atoms with Crippen molar-refractivity contribution in [3.05, 3.63) is 83.9 Å². The molecule has 0 unspecified atom stereocenters. The van der Waals surface area contributed by atoms with Gasteiger partial charge in [-0.2, -0.15) is 0 Å². The normalized spacial score (nSPS) is 11.8. The summed E-state index contributed by atoms with van der Waals surface area (Å²) in [6, 6.07) is 24.5. The molecule has 3 aromatic carbocycles. The second-order valence-corrected chi connectivity index (χ2v) is 22.3. The fourth-order valence-electron chi connectivity index (χ4n) is 5.46. The van der Waals surface area contributed by atoms with Crippen LogP contribution in [0.5, 0.6) is 11.5 Å². The summed E-state index contributed by atoms with van der Waals surface area (Å²) in [5.41, 5.74) is 3.58. The molecular weight excluding hydrogens is 581 g/mol. The highest BCUT2D eigenvalue weighted by atomic mass is 28.4. The van der Waals surface area contributed by atoms with E-state index in [0.717, 1.165) is 41.2 Å². The van der Waals surface area contributed by atoms with Crippen LogP contribution in [-0.2, 0) is 15.5 Å². The number of unbranched alkanes of at least 4 members (excludes halogenated alkanes) is 8. The maximum absolute atomic E-state index is 12.5. The summed E-state index contributed by atoms with van der Waals surface area (Å²) in [5, 5.41) is 0. The van der Waals surface area contributed by atoms with E-state index in [-0.39, 0.29) is 12.6 Å². The molecule has 0 aromatic heterocycles. The molecule has 7 heteroatoms. The van der Waals surface area contributed by atoms with Crippen molar-refractivity contribution in [3.63, 3.8) is 0 Å². The number of methoxy groups -OCH3 is 1. The molecule has 0 radical (unpaired) electrons. The van der Waals surface area contributed by atoms with E-state index in [2.05, 4.69) is 44.9 Å². The van der Waals surface area contributed by atoms with E-state index in [1.165, 1.54) is 57.4 Å². The SMILES string of the molecule is COc1ccc(COC(=O)c2ccc(-c3ccc(OCCCCCCCCCCC[Si](C)(C)O[Si](C)(C)C)cc3)cc2)cc1. The lowest BCUT2D eigenvalue weighted by Gasteiger charge is -2.31. The van der Waals surface area contributed by atoms with Crippen molar-refractivity contribution >= 4 is 22.6 Å². The number of ether oxygens (including phenoxy) is 3. The van der Waals surface area contributed by atoms with Crippen LogP contribution in [-0.4, -0.2) is 36.3 Å². The molecule has 0 fully saturated rings. The van der Waals surface area contributed by atoms with Crippen LogP contribution in [0, 0.1) is 0 Å². The Hall–Kier alpha value is -2.88. The summed E-state index contributed by atoms with van der Waals surface area (Å²) in [4.78, 5) is 12.5. The maximum Gasteiger partial charge on any atom is 0.338 e. The Labute approximate surface area is 268 Å². The Morgan fingerprint density at radius 2 is 1.11 bits per heavy atom. The van der Waals surface area contributed by atoms with Crippen molar-refractivity contribution in [2.75, 3.05) is 13.7 Å². The molecule has 0 saturated carbocycles. The van der Waals surface area contributed by atoms with E-state index in [0.29, 0.717) is 5.56 Å².